The first-order valence-electron chi connectivity index (χ1n) is 8.60. The van der Waals surface area contributed by atoms with Crippen LogP contribution in [0.1, 0.15) is 63.1 Å². The fraction of sp³-hybridized carbons (Fsp3) is 0.688. The molecule has 0 radical (unpaired) electrons. The van der Waals surface area contributed by atoms with E-state index in [1.54, 1.807) is 0 Å². The molecule has 2 aliphatic rings. The SMILES string of the molecule is CCc1nc2c(NC3CC3)nc(C(F)(F)F)nc2n1C1CCCC1. The number of alkyl halides is 3. The molecule has 24 heavy (non-hydrogen) atoms. The maximum Gasteiger partial charge on any atom is 0.451 e. The number of aryl methyl sites for hydroxylation is 1. The molecule has 8 heteroatoms. The molecule has 2 aliphatic carbocycles. The van der Waals surface area contributed by atoms with Gasteiger partial charge in [0.2, 0.25) is 5.82 Å². The summed E-state index contributed by atoms with van der Waals surface area (Å²) in [6.07, 6.45) is 2.14. The Morgan fingerprint density at radius 1 is 1.08 bits per heavy atom. The molecule has 0 unspecified atom stereocenters. The van der Waals surface area contributed by atoms with E-state index in [2.05, 4.69) is 20.3 Å². The van der Waals surface area contributed by atoms with Gasteiger partial charge in [-0.1, -0.05) is 19.8 Å². The summed E-state index contributed by atoms with van der Waals surface area (Å²) in [6.45, 7) is 1.97. The largest absolute Gasteiger partial charge is 0.451 e. The topological polar surface area (TPSA) is 55.6 Å². The predicted molar refractivity (Wildman–Crippen MR) is 83.9 cm³/mol. The summed E-state index contributed by atoms with van der Waals surface area (Å²) in [5.74, 6) is -0.0643. The first kappa shape index (κ1) is 15.7. The lowest BCUT2D eigenvalue weighted by molar-refractivity contribution is -0.144. The minimum Gasteiger partial charge on any atom is -0.365 e. The Balaban J connectivity index is 1.92. The van der Waals surface area contributed by atoms with E-state index < -0.39 is 12.0 Å². The second kappa shape index (κ2) is 5.60. The van der Waals surface area contributed by atoms with Crippen molar-refractivity contribution < 1.29 is 13.2 Å². The van der Waals surface area contributed by atoms with Crippen molar-refractivity contribution in [3.8, 4) is 0 Å². The van der Waals surface area contributed by atoms with Crippen molar-refractivity contribution in [2.24, 2.45) is 0 Å². The maximum absolute atomic E-state index is 13.3. The molecule has 2 fully saturated rings. The highest BCUT2D eigenvalue weighted by atomic mass is 19.4. The lowest BCUT2D eigenvalue weighted by Gasteiger charge is -2.16. The van der Waals surface area contributed by atoms with Crippen LogP contribution < -0.4 is 5.32 Å². The summed E-state index contributed by atoms with van der Waals surface area (Å²) < 4.78 is 41.7. The Hall–Kier alpha value is -1.86. The Morgan fingerprint density at radius 3 is 2.38 bits per heavy atom. The number of rotatable bonds is 4. The second-order valence-electron chi connectivity index (χ2n) is 6.67. The van der Waals surface area contributed by atoms with Crippen LogP contribution in [-0.2, 0) is 12.6 Å². The third kappa shape index (κ3) is 2.71. The Bertz CT molecular complexity index is 757. The van der Waals surface area contributed by atoms with Gasteiger partial charge in [-0.25, -0.2) is 15.0 Å². The minimum atomic E-state index is -4.56. The summed E-state index contributed by atoms with van der Waals surface area (Å²) in [7, 11) is 0. The van der Waals surface area contributed by atoms with Crippen LogP contribution >= 0.6 is 0 Å². The Morgan fingerprint density at radius 2 is 1.79 bits per heavy atom. The van der Waals surface area contributed by atoms with Crippen LogP contribution in [0.4, 0.5) is 19.0 Å². The van der Waals surface area contributed by atoms with E-state index >= 15 is 0 Å². The highest BCUT2D eigenvalue weighted by Gasteiger charge is 2.37. The molecule has 0 atom stereocenters. The first-order chi connectivity index (χ1) is 11.5. The lowest BCUT2D eigenvalue weighted by atomic mass is 10.2. The van der Waals surface area contributed by atoms with Gasteiger partial charge in [0.05, 0.1) is 0 Å². The van der Waals surface area contributed by atoms with E-state index in [0.717, 1.165) is 44.3 Å². The van der Waals surface area contributed by atoms with Crippen LogP contribution in [0.25, 0.3) is 11.2 Å². The number of fused-ring (bicyclic) bond motifs is 1. The first-order valence-corrected chi connectivity index (χ1v) is 8.60. The average molecular weight is 339 g/mol. The van der Waals surface area contributed by atoms with Gasteiger partial charge in [0, 0.05) is 18.5 Å². The lowest BCUT2D eigenvalue weighted by Crippen LogP contribution is -2.16. The van der Waals surface area contributed by atoms with Gasteiger partial charge in [-0.15, -0.1) is 0 Å². The Kier molecular flexibility index (Phi) is 3.65. The molecule has 5 nitrogen and oxygen atoms in total. The van der Waals surface area contributed by atoms with Gasteiger partial charge >= 0.3 is 6.18 Å². The third-order valence-electron chi connectivity index (χ3n) is 4.79. The number of nitrogens with one attached hydrogen (secondary N) is 1. The van der Waals surface area contributed by atoms with Crippen molar-refractivity contribution in [1.82, 2.24) is 19.5 Å². The monoisotopic (exact) mass is 339 g/mol. The third-order valence-corrected chi connectivity index (χ3v) is 4.79. The number of aromatic nitrogens is 4. The standard InChI is InChI=1S/C16H20F3N5/c1-2-11-21-12-13(20-9-7-8-9)22-15(16(17,18)19)23-14(12)24(11)10-5-3-4-6-10/h9-10H,2-8H2,1H3,(H,20,22,23). The van der Waals surface area contributed by atoms with Crippen molar-refractivity contribution in [1.29, 1.82) is 0 Å². The number of nitrogens with zero attached hydrogens (tertiary/aromatic N) is 4. The van der Waals surface area contributed by atoms with Crippen LogP contribution in [0.15, 0.2) is 0 Å². The zero-order valence-corrected chi connectivity index (χ0v) is 13.5. The summed E-state index contributed by atoms with van der Waals surface area (Å²) in [6, 6.07) is 0.389. The molecule has 0 amide bonds. The fourth-order valence-electron chi connectivity index (χ4n) is 3.46. The van der Waals surface area contributed by atoms with E-state index in [1.807, 2.05) is 11.5 Å². The molecule has 0 saturated heterocycles. The number of hydrogen-bond acceptors (Lipinski definition) is 4. The molecular weight excluding hydrogens is 319 g/mol. The van der Waals surface area contributed by atoms with Crippen molar-refractivity contribution in [3.63, 3.8) is 0 Å². The van der Waals surface area contributed by atoms with Crippen LogP contribution in [0.5, 0.6) is 0 Å². The molecule has 1 N–H and O–H groups in total. The molecular formula is C16H20F3N5. The molecule has 2 heterocycles. The van der Waals surface area contributed by atoms with E-state index in [1.165, 1.54) is 0 Å². The van der Waals surface area contributed by atoms with Crippen molar-refractivity contribution in [2.75, 3.05) is 5.32 Å². The van der Waals surface area contributed by atoms with Crippen molar-refractivity contribution in [3.05, 3.63) is 11.6 Å². The van der Waals surface area contributed by atoms with Crippen LogP contribution in [0, 0.1) is 0 Å². The number of imidazole rings is 1. The van der Waals surface area contributed by atoms with E-state index in [0.29, 0.717) is 17.6 Å². The summed E-state index contributed by atoms with van der Waals surface area (Å²) in [5, 5.41) is 3.10. The van der Waals surface area contributed by atoms with Gasteiger partial charge in [0.1, 0.15) is 5.82 Å². The molecule has 0 aliphatic heterocycles. The zero-order valence-electron chi connectivity index (χ0n) is 13.5. The van der Waals surface area contributed by atoms with Gasteiger partial charge in [-0.05, 0) is 25.7 Å². The molecule has 130 valence electrons. The van der Waals surface area contributed by atoms with E-state index in [9.17, 15) is 13.2 Å². The molecule has 2 saturated carbocycles. The van der Waals surface area contributed by atoms with E-state index in [4.69, 9.17) is 0 Å². The quantitative estimate of drug-likeness (QED) is 0.911. The number of anilines is 1. The van der Waals surface area contributed by atoms with Gasteiger partial charge in [0.25, 0.3) is 0 Å². The fourth-order valence-corrected chi connectivity index (χ4v) is 3.46. The summed E-state index contributed by atoms with van der Waals surface area (Å²) in [5.41, 5.74) is 0.794. The predicted octanol–water partition coefficient (Wildman–Crippen LogP) is 4.10. The van der Waals surface area contributed by atoms with Crippen molar-refractivity contribution >= 4 is 17.0 Å². The molecule has 2 aromatic rings. The molecule has 0 spiro atoms. The van der Waals surface area contributed by atoms with Gasteiger partial charge in [-0.2, -0.15) is 13.2 Å². The summed E-state index contributed by atoms with van der Waals surface area (Å²) in [4.78, 5) is 12.2. The Labute approximate surface area is 137 Å². The zero-order chi connectivity index (χ0) is 16.9. The highest BCUT2D eigenvalue weighted by Crippen LogP contribution is 2.37. The van der Waals surface area contributed by atoms with Crippen molar-refractivity contribution in [2.45, 2.75) is 70.1 Å². The molecule has 0 aromatic carbocycles. The normalized spacial score (nSPS) is 19.3. The maximum atomic E-state index is 13.3. The van der Waals surface area contributed by atoms with Gasteiger partial charge in [0.15, 0.2) is 17.0 Å². The van der Waals surface area contributed by atoms with Crippen LogP contribution in [0.2, 0.25) is 0 Å². The average Bonchev–Trinajstić information content (AvgIpc) is 3.05. The number of halogens is 3. The smallest absolute Gasteiger partial charge is 0.365 e. The summed E-state index contributed by atoms with van der Waals surface area (Å²) >= 11 is 0. The molecule has 2 aromatic heterocycles. The number of hydrogen-bond donors (Lipinski definition) is 1. The van der Waals surface area contributed by atoms with Gasteiger partial charge in [-0.3, -0.25) is 0 Å². The van der Waals surface area contributed by atoms with E-state index in [-0.39, 0.29) is 17.9 Å². The van der Waals surface area contributed by atoms with Crippen LogP contribution in [-0.4, -0.2) is 25.6 Å². The molecule has 0 bridgehead atoms. The minimum absolute atomic E-state index is 0.190. The highest BCUT2D eigenvalue weighted by molar-refractivity contribution is 5.84. The van der Waals surface area contributed by atoms with Crippen LogP contribution in [0.3, 0.4) is 0 Å². The molecule has 4 rings (SSSR count). The van der Waals surface area contributed by atoms with Gasteiger partial charge < -0.3 is 9.88 Å². The second-order valence-corrected chi connectivity index (χ2v) is 6.67.